The maximum atomic E-state index is 10.3. The first-order chi connectivity index (χ1) is 6.22. The number of nitroso groups, excluding NO2 is 1. The lowest BCUT2D eigenvalue weighted by molar-refractivity contribution is -0.137. The molecule has 0 aromatic carbocycles. The van der Waals surface area contributed by atoms with Crippen molar-refractivity contribution in [2.24, 2.45) is 11.2 Å². The Kier molecular flexibility index (Phi) is 3.67. The summed E-state index contributed by atoms with van der Waals surface area (Å²) in [6.45, 7) is 1.34. The molecule has 0 saturated carbocycles. The third-order valence-corrected chi connectivity index (χ3v) is 2.38. The van der Waals surface area contributed by atoms with Crippen LogP contribution in [0.5, 0.6) is 0 Å². The van der Waals surface area contributed by atoms with Crippen LogP contribution in [0.3, 0.4) is 0 Å². The van der Waals surface area contributed by atoms with Gasteiger partial charge in [-0.25, -0.2) is 0 Å². The number of carboxylic acid groups (broad SMARTS) is 1. The van der Waals surface area contributed by atoms with Gasteiger partial charge in [0.2, 0.25) is 0 Å². The van der Waals surface area contributed by atoms with Crippen molar-refractivity contribution in [3.63, 3.8) is 0 Å². The standard InChI is InChI=1S/C8H14N2O3/c11-8(12)4-3-7-2-1-5-10(6-7)9-13/h7H,1-6H2,(H,11,12). The van der Waals surface area contributed by atoms with Crippen LogP contribution in [0.4, 0.5) is 0 Å². The molecule has 0 amide bonds. The summed E-state index contributed by atoms with van der Waals surface area (Å²) < 4.78 is 0. The first kappa shape index (κ1) is 9.95. The van der Waals surface area contributed by atoms with Gasteiger partial charge in [-0.15, -0.1) is 4.91 Å². The normalized spacial score (nSPS) is 22.8. The molecule has 1 N–H and O–H groups in total. The Bertz CT molecular complexity index is 196. The van der Waals surface area contributed by atoms with Crippen LogP contribution in [-0.4, -0.2) is 29.2 Å². The molecule has 0 radical (unpaired) electrons. The van der Waals surface area contributed by atoms with E-state index in [1.165, 1.54) is 5.01 Å². The molecule has 1 rings (SSSR count). The lowest BCUT2D eigenvalue weighted by atomic mass is 9.94. The third-order valence-electron chi connectivity index (χ3n) is 2.38. The molecule has 0 aromatic heterocycles. The molecule has 0 aromatic rings. The second-order valence-electron chi connectivity index (χ2n) is 3.43. The van der Waals surface area contributed by atoms with Gasteiger partial charge in [-0.3, -0.25) is 9.80 Å². The van der Waals surface area contributed by atoms with Crippen LogP contribution in [0.25, 0.3) is 0 Å². The zero-order valence-electron chi connectivity index (χ0n) is 7.48. The van der Waals surface area contributed by atoms with Crippen LogP contribution in [-0.2, 0) is 4.79 Å². The quantitative estimate of drug-likeness (QED) is 0.670. The summed E-state index contributed by atoms with van der Waals surface area (Å²) in [6, 6.07) is 0. The monoisotopic (exact) mass is 186 g/mol. The summed E-state index contributed by atoms with van der Waals surface area (Å²) >= 11 is 0. The fraction of sp³-hybridized carbons (Fsp3) is 0.875. The Balaban J connectivity index is 2.25. The molecule has 0 aliphatic carbocycles. The van der Waals surface area contributed by atoms with Gasteiger partial charge in [-0.05, 0) is 25.2 Å². The average molecular weight is 186 g/mol. The number of nitrogens with zero attached hydrogens (tertiary/aromatic N) is 2. The molecular formula is C8H14N2O3. The second-order valence-corrected chi connectivity index (χ2v) is 3.43. The summed E-state index contributed by atoms with van der Waals surface area (Å²) in [6.07, 6.45) is 2.80. The third kappa shape index (κ3) is 3.40. The fourth-order valence-electron chi connectivity index (χ4n) is 1.68. The second kappa shape index (κ2) is 4.79. The Morgan fingerprint density at radius 3 is 3.00 bits per heavy atom. The molecule has 1 unspecified atom stereocenters. The van der Waals surface area contributed by atoms with Crippen molar-refractivity contribution in [2.75, 3.05) is 13.1 Å². The van der Waals surface area contributed by atoms with E-state index < -0.39 is 5.97 Å². The van der Waals surface area contributed by atoms with Crippen LogP contribution < -0.4 is 0 Å². The molecule has 1 heterocycles. The lowest BCUT2D eigenvalue weighted by Gasteiger charge is -2.27. The number of rotatable bonds is 4. The van der Waals surface area contributed by atoms with Gasteiger partial charge in [0.25, 0.3) is 0 Å². The maximum absolute atomic E-state index is 10.3. The number of carboxylic acids is 1. The van der Waals surface area contributed by atoms with E-state index in [0.29, 0.717) is 25.4 Å². The van der Waals surface area contributed by atoms with Crippen molar-refractivity contribution in [1.29, 1.82) is 0 Å². The molecule has 1 aliphatic rings. The van der Waals surface area contributed by atoms with Crippen LogP contribution in [0, 0.1) is 10.8 Å². The number of hydrogen-bond acceptors (Lipinski definition) is 3. The number of carbonyl (C=O) groups is 1. The minimum absolute atomic E-state index is 0.192. The van der Waals surface area contributed by atoms with Gasteiger partial charge < -0.3 is 5.11 Å². The van der Waals surface area contributed by atoms with Crippen molar-refractivity contribution >= 4 is 5.97 Å². The van der Waals surface area contributed by atoms with E-state index >= 15 is 0 Å². The summed E-state index contributed by atoms with van der Waals surface area (Å²) in [5.74, 6) is -0.446. The SMILES string of the molecule is O=NN1CCCC(CCC(=O)O)C1. The molecule has 74 valence electrons. The first-order valence-electron chi connectivity index (χ1n) is 4.52. The highest BCUT2D eigenvalue weighted by Gasteiger charge is 2.19. The van der Waals surface area contributed by atoms with E-state index in [4.69, 9.17) is 5.11 Å². The predicted octanol–water partition coefficient (Wildman–Crippen LogP) is 1.24. The molecule has 1 saturated heterocycles. The van der Waals surface area contributed by atoms with Gasteiger partial charge in [0.15, 0.2) is 0 Å². The molecular weight excluding hydrogens is 172 g/mol. The zero-order valence-corrected chi connectivity index (χ0v) is 7.48. The summed E-state index contributed by atoms with van der Waals surface area (Å²) in [5.41, 5.74) is 0. The van der Waals surface area contributed by atoms with Gasteiger partial charge in [0.05, 0.1) is 5.29 Å². The van der Waals surface area contributed by atoms with Crippen LogP contribution in [0.1, 0.15) is 25.7 Å². The van der Waals surface area contributed by atoms with Crippen molar-refractivity contribution < 1.29 is 9.90 Å². The van der Waals surface area contributed by atoms with Gasteiger partial charge >= 0.3 is 5.97 Å². The number of hydrogen-bond donors (Lipinski definition) is 1. The highest BCUT2D eigenvalue weighted by atomic mass is 16.4. The van der Waals surface area contributed by atoms with E-state index in [0.717, 1.165) is 12.8 Å². The summed E-state index contributed by atoms with van der Waals surface area (Å²) in [7, 11) is 0. The number of piperidine rings is 1. The molecule has 1 atom stereocenters. The maximum Gasteiger partial charge on any atom is 0.303 e. The van der Waals surface area contributed by atoms with Gasteiger partial charge in [0, 0.05) is 19.5 Å². The van der Waals surface area contributed by atoms with E-state index in [2.05, 4.69) is 5.29 Å². The molecule has 13 heavy (non-hydrogen) atoms. The van der Waals surface area contributed by atoms with E-state index in [1.54, 1.807) is 0 Å². The molecule has 0 spiro atoms. The van der Waals surface area contributed by atoms with Crippen molar-refractivity contribution in [2.45, 2.75) is 25.7 Å². The molecule has 1 fully saturated rings. The smallest absolute Gasteiger partial charge is 0.303 e. The molecule has 0 bridgehead atoms. The Hall–Kier alpha value is -1.13. The number of aliphatic carboxylic acids is 1. The Morgan fingerprint density at radius 1 is 1.62 bits per heavy atom. The van der Waals surface area contributed by atoms with Gasteiger partial charge in [-0.2, -0.15) is 0 Å². The van der Waals surface area contributed by atoms with Crippen molar-refractivity contribution in [3.8, 4) is 0 Å². The van der Waals surface area contributed by atoms with Crippen molar-refractivity contribution in [1.82, 2.24) is 5.01 Å². The lowest BCUT2D eigenvalue weighted by Crippen LogP contribution is -2.31. The van der Waals surface area contributed by atoms with Crippen molar-refractivity contribution in [3.05, 3.63) is 4.91 Å². The molecule has 5 heteroatoms. The summed E-state index contributed by atoms with van der Waals surface area (Å²) in [4.78, 5) is 20.5. The van der Waals surface area contributed by atoms with Crippen LogP contribution >= 0.6 is 0 Å². The average Bonchev–Trinajstić information content (AvgIpc) is 2.15. The minimum Gasteiger partial charge on any atom is -0.481 e. The van der Waals surface area contributed by atoms with E-state index in [-0.39, 0.29) is 6.42 Å². The van der Waals surface area contributed by atoms with Gasteiger partial charge in [-0.1, -0.05) is 0 Å². The zero-order chi connectivity index (χ0) is 9.68. The minimum atomic E-state index is -0.767. The summed E-state index contributed by atoms with van der Waals surface area (Å²) in [5, 5.41) is 12.8. The predicted molar refractivity (Wildman–Crippen MR) is 47.0 cm³/mol. The first-order valence-corrected chi connectivity index (χ1v) is 4.52. The van der Waals surface area contributed by atoms with Gasteiger partial charge in [0.1, 0.15) is 0 Å². The van der Waals surface area contributed by atoms with Crippen LogP contribution in [0.2, 0.25) is 0 Å². The molecule has 5 nitrogen and oxygen atoms in total. The van der Waals surface area contributed by atoms with Crippen LogP contribution in [0.15, 0.2) is 5.29 Å². The highest BCUT2D eigenvalue weighted by molar-refractivity contribution is 5.66. The van der Waals surface area contributed by atoms with E-state index in [1.807, 2.05) is 0 Å². The molecule has 1 aliphatic heterocycles. The van der Waals surface area contributed by atoms with E-state index in [9.17, 15) is 9.70 Å². The topological polar surface area (TPSA) is 70.0 Å². The largest absolute Gasteiger partial charge is 0.481 e. The fourth-order valence-corrected chi connectivity index (χ4v) is 1.68. The Morgan fingerprint density at radius 2 is 2.38 bits per heavy atom. The highest BCUT2D eigenvalue weighted by Crippen LogP contribution is 2.20. The Labute approximate surface area is 76.7 Å².